The molecule has 2 rings (SSSR count). The molecule has 2 heterocycles. The number of thiophene rings is 1. The van der Waals surface area contributed by atoms with Gasteiger partial charge in [0.1, 0.15) is 0 Å². The summed E-state index contributed by atoms with van der Waals surface area (Å²) >= 11 is 1.61. The van der Waals surface area contributed by atoms with Gasteiger partial charge in [-0.05, 0) is 32.4 Å². The van der Waals surface area contributed by atoms with Crippen LogP contribution < -0.4 is 0 Å². The van der Waals surface area contributed by atoms with E-state index in [9.17, 15) is 4.79 Å². The molecule has 4 heteroatoms. The number of Topliss-reactive ketones (excluding diaryl/α,β-unsaturated/α-hetero) is 1. The Morgan fingerprint density at radius 1 is 1.32 bits per heavy atom. The molecule has 0 radical (unpaired) electrons. The van der Waals surface area contributed by atoms with Crippen LogP contribution in [-0.4, -0.2) is 54.3 Å². The van der Waals surface area contributed by atoms with Crippen molar-refractivity contribution in [3.63, 3.8) is 0 Å². The van der Waals surface area contributed by atoms with Crippen LogP contribution in [0.15, 0.2) is 12.1 Å². The maximum atomic E-state index is 12.2. The lowest BCUT2D eigenvalue weighted by Gasteiger charge is -2.37. The lowest BCUT2D eigenvalue weighted by Crippen LogP contribution is -2.50. The number of nitrogens with zero attached hydrogens (tertiary/aromatic N) is 2. The topological polar surface area (TPSA) is 23.6 Å². The minimum absolute atomic E-state index is 0.273. The largest absolute Gasteiger partial charge is 0.298 e. The van der Waals surface area contributed by atoms with Gasteiger partial charge in [0.25, 0.3) is 0 Å². The lowest BCUT2D eigenvalue weighted by atomic mass is 10.2. The number of ketones is 1. The third kappa shape index (κ3) is 3.88. The van der Waals surface area contributed by atoms with E-state index in [1.807, 2.05) is 19.1 Å². The summed E-state index contributed by atoms with van der Waals surface area (Å²) in [6.07, 6.45) is 1.20. The predicted molar refractivity (Wildman–Crippen MR) is 81.2 cm³/mol. The second kappa shape index (κ2) is 6.64. The van der Waals surface area contributed by atoms with Crippen LogP contribution in [-0.2, 0) is 0 Å². The highest BCUT2D eigenvalue weighted by atomic mass is 32.1. The van der Waals surface area contributed by atoms with Gasteiger partial charge in [0.15, 0.2) is 5.78 Å². The summed E-state index contributed by atoms with van der Waals surface area (Å²) < 4.78 is 0. The van der Waals surface area contributed by atoms with Crippen LogP contribution in [0.25, 0.3) is 0 Å². The molecule has 1 aromatic heterocycles. The Morgan fingerprint density at radius 3 is 2.53 bits per heavy atom. The summed E-state index contributed by atoms with van der Waals surface area (Å²) in [5.41, 5.74) is 0. The van der Waals surface area contributed by atoms with Gasteiger partial charge in [-0.15, -0.1) is 11.3 Å². The quantitative estimate of drug-likeness (QED) is 0.775. The molecular formula is C15H24N2OS. The van der Waals surface area contributed by atoms with Gasteiger partial charge in [-0.25, -0.2) is 0 Å². The van der Waals surface area contributed by atoms with Crippen molar-refractivity contribution < 1.29 is 4.79 Å². The van der Waals surface area contributed by atoms with Crippen LogP contribution in [0.5, 0.6) is 0 Å². The van der Waals surface area contributed by atoms with Crippen molar-refractivity contribution in [3.8, 4) is 0 Å². The van der Waals surface area contributed by atoms with Crippen molar-refractivity contribution >= 4 is 17.1 Å². The zero-order valence-corrected chi connectivity index (χ0v) is 13.0. The van der Waals surface area contributed by atoms with Crippen molar-refractivity contribution in [2.45, 2.75) is 33.2 Å². The van der Waals surface area contributed by atoms with Crippen LogP contribution in [0.4, 0.5) is 0 Å². The predicted octanol–water partition coefficient (Wildman–Crippen LogP) is 2.66. The Balaban J connectivity index is 1.81. The fraction of sp³-hybridized carbons (Fsp3) is 0.667. The van der Waals surface area contributed by atoms with Crippen LogP contribution in [0, 0.1) is 6.92 Å². The minimum Gasteiger partial charge on any atom is -0.298 e. The van der Waals surface area contributed by atoms with Gasteiger partial charge < -0.3 is 0 Å². The number of piperazine rings is 1. The van der Waals surface area contributed by atoms with E-state index in [2.05, 4.69) is 23.6 Å². The SMILES string of the molecule is CCC(C)N1CCN(CC(=O)c2ccc(C)s2)CC1. The zero-order valence-electron chi connectivity index (χ0n) is 12.2. The summed E-state index contributed by atoms with van der Waals surface area (Å²) in [4.78, 5) is 19.1. The van der Waals surface area contributed by atoms with Crippen LogP contribution in [0.2, 0.25) is 0 Å². The zero-order chi connectivity index (χ0) is 13.8. The molecule has 19 heavy (non-hydrogen) atoms. The molecule has 1 unspecified atom stereocenters. The number of carbonyl (C=O) groups excluding carboxylic acids is 1. The van der Waals surface area contributed by atoms with E-state index in [1.54, 1.807) is 11.3 Å². The van der Waals surface area contributed by atoms with E-state index in [-0.39, 0.29) is 5.78 Å². The van der Waals surface area contributed by atoms with Crippen LogP contribution >= 0.6 is 11.3 Å². The number of hydrogen-bond donors (Lipinski definition) is 0. The summed E-state index contributed by atoms with van der Waals surface area (Å²) in [6, 6.07) is 4.65. The molecule has 0 aromatic carbocycles. The summed E-state index contributed by atoms with van der Waals surface area (Å²) in [7, 11) is 0. The van der Waals surface area contributed by atoms with Gasteiger partial charge >= 0.3 is 0 Å². The maximum absolute atomic E-state index is 12.2. The second-order valence-corrected chi connectivity index (χ2v) is 6.69. The van der Waals surface area contributed by atoms with Gasteiger partial charge in [-0.3, -0.25) is 14.6 Å². The highest BCUT2D eigenvalue weighted by Gasteiger charge is 2.22. The van der Waals surface area contributed by atoms with E-state index in [1.165, 1.54) is 11.3 Å². The Morgan fingerprint density at radius 2 is 2.00 bits per heavy atom. The van der Waals surface area contributed by atoms with Gasteiger partial charge in [0.2, 0.25) is 0 Å². The van der Waals surface area contributed by atoms with E-state index in [0.29, 0.717) is 12.6 Å². The first-order valence-corrected chi connectivity index (χ1v) is 7.98. The fourth-order valence-corrected chi connectivity index (χ4v) is 3.28. The molecule has 1 aliphatic rings. The van der Waals surface area contributed by atoms with Crippen molar-refractivity contribution in [1.29, 1.82) is 0 Å². The first kappa shape index (κ1) is 14.7. The summed E-state index contributed by atoms with van der Waals surface area (Å²) in [5, 5.41) is 0. The first-order chi connectivity index (χ1) is 9.10. The molecule has 1 atom stereocenters. The van der Waals surface area contributed by atoms with Crippen LogP contribution in [0.3, 0.4) is 0 Å². The van der Waals surface area contributed by atoms with Crippen molar-refractivity contribution in [2.24, 2.45) is 0 Å². The number of carbonyl (C=O) groups is 1. The fourth-order valence-electron chi connectivity index (χ4n) is 2.49. The van der Waals surface area contributed by atoms with Crippen molar-refractivity contribution in [2.75, 3.05) is 32.7 Å². The highest BCUT2D eigenvalue weighted by Crippen LogP contribution is 2.16. The van der Waals surface area contributed by atoms with Gasteiger partial charge in [-0.1, -0.05) is 6.92 Å². The van der Waals surface area contributed by atoms with Crippen LogP contribution in [0.1, 0.15) is 34.8 Å². The Kier molecular flexibility index (Phi) is 5.13. The molecular weight excluding hydrogens is 256 g/mol. The number of aryl methyl sites for hydroxylation is 1. The van der Waals surface area contributed by atoms with E-state index < -0.39 is 0 Å². The van der Waals surface area contributed by atoms with E-state index in [0.717, 1.165) is 31.1 Å². The standard InChI is InChI=1S/C15H24N2OS/c1-4-12(2)17-9-7-16(8-10-17)11-14(18)15-6-5-13(3)19-15/h5-6,12H,4,7-11H2,1-3H3. The average Bonchev–Trinajstić information content (AvgIpc) is 2.85. The average molecular weight is 280 g/mol. The Labute approximate surface area is 120 Å². The molecule has 1 aromatic rings. The molecule has 1 saturated heterocycles. The normalized spacial score (nSPS) is 19.5. The smallest absolute Gasteiger partial charge is 0.186 e. The number of rotatable bonds is 5. The molecule has 1 aliphatic heterocycles. The lowest BCUT2D eigenvalue weighted by molar-refractivity contribution is 0.0787. The molecule has 3 nitrogen and oxygen atoms in total. The van der Waals surface area contributed by atoms with E-state index in [4.69, 9.17) is 0 Å². The first-order valence-electron chi connectivity index (χ1n) is 7.16. The molecule has 1 fully saturated rings. The third-order valence-corrected chi connectivity index (χ3v) is 5.05. The second-order valence-electron chi connectivity index (χ2n) is 5.40. The van der Waals surface area contributed by atoms with Gasteiger partial charge in [0, 0.05) is 37.1 Å². The van der Waals surface area contributed by atoms with Gasteiger partial charge in [0.05, 0.1) is 11.4 Å². The Bertz CT molecular complexity index is 422. The monoisotopic (exact) mass is 280 g/mol. The highest BCUT2D eigenvalue weighted by molar-refractivity contribution is 7.14. The molecule has 0 spiro atoms. The molecule has 106 valence electrons. The van der Waals surface area contributed by atoms with Gasteiger partial charge in [-0.2, -0.15) is 0 Å². The molecule has 0 amide bonds. The maximum Gasteiger partial charge on any atom is 0.186 e. The van der Waals surface area contributed by atoms with Crippen molar-refractivity contribution in [3.05, 3.63) is 21.9 Å². The van der Waals surface area contributed by atoms with E-state index >= 15 is 0 Å². The minimum atomic E-state index is 0.273. The molecule has 0 bridgehead atoms. The molecule has 0 aliphatic carbocycles. The summed E-state index contributed by atoms with van der Waals surface area (Å²) in [5.74, 6) is 0.273. The third-order valence-electron chi connectivity index (χ3n) is 4.00. The summed E-state index contributed by atoms with van der Waals surface area (Å²) in [6.45, 7) is 11.4. The van der Waals surface area contributed by atoms with Crippen molar-refractivity contribution in [1.82, 2.24) is 9.80 Å². The molecule has 0 N–H and O–H groups in total. The number of hydrogen-bond acceptors (Lipinski definition) is 4. The Hall–Kier alpha value is -0.710. The molecule has 0 saturated carbocycles.